The largest absolute Gasteiger partial charge is 0.302 e. The van der Waals surface area contributed by atoms with Gasteiger partial charge < -0.3 is 4.79 Å². The van der Waals surface area contributed by atoms with Gasteiger partial charge in [0.15, 0.2) is 0 Å². The molecule has 84 valence electrons. The lowest BCUT2D eigenvalue weighted by Crippen LogP contribution is -1.97. The number of halogens is 2. The second-order valence-corrected chi connectivity index (χ2v) is 4.95. The van der Waals surface area contributed by atoms with Crippen molar-refractivity contribution >= 4 is 29.5 Å². The van der Waals surface area contributed by atoms with E-state index in [0.717, 1.165) is 28.5 Å². The fourth-order valence-corrected chi connectivity index (χ4v) is 2.75. The molecule has 17 heavy (non-hydrogen) atoms. The molecule has 1 aliphatic rings. The molecule has 0 heterocycles. The number of hydrogen-bond donors (Lipinski definition) is 0. The van der Waals surface area contributed by atoms with Crippen LogP contribution < -0.4 is 0 Å². The van der Waals surface area contributed by atoms with Crippen LogP contribution in [0.4, 0.5) is 0 Å². The average Bonchev–Trinajstić information content (AvgIpc) is 2.60. The molecule has 1 nitrogen and oxygen atoms in total. The third-order valence-electron chi connectivity index (χ3n) is 3.12. The molecule has 0 aromatic heterocycles. The Kier molecular flexibility index (Phi) is 2.46. The monoisotopic (exact) mass is 262 g/mol. The van der Waals surface area contributed by atoms with E-state index < -0.39 is 0 Å². The Morgan fingerprint density at radius 3 is 1.76 bits per heavy atom. The fourth-order valence-electron chi connectivity index (χ4n) is 2.39. The molecule has 1 aliphatic carbocycles. The highest BCUT2D eigenvalue weighted by Crippen LogP contribution is 2.45. The number of hydrogen-bond acceptors (Lipinski definition) is 1. The molecule has 0 atom stereocenters. The van der Waals surface area contributed by atoms with Crippen LogP contribution in [0.3, 0.4) is 0 Å². The Hall–Kier alpha value is -1.31. The van der Waals surface area contributed by atoms with Crippen LogP contribution in [0, 0.1) is 0 Å². The summed E-state index contributed by atoms with van der Waals surface area (Å²) in [5.74, 6) is -0.252. The molecule has 2 aromatic carbocycles. The molecule has 0 amide bonds. The van der Waals surface area contributed by atoms with Crippen LogP contribution in [0.1, 0.15) is 17.0 Å². The smallest absolute Gasteiger partial charge is 0.131 e. The van der Waals surface area contributed by atoms with E-state index in [0.29, 0.717) is 10.0 Å². The van der Waals surface area contributed by atoms with Crippen molar-refractivity contribution in [3.63, 3.8) is 0 Å². The van der Waals surface area contributed by atoms with Gasteiger partial charge in [-0.15, -0.1) is 0 Å². The molecule has 3 heteroatoms. The van der Waals surface area contributed by atoms with Gasteiger partial charge in [-0.3, -0.25) is 0 Å². The molecule has 3 rings (SSSR count). The van der Waals surface area contributed by atoms with Gasteiger partial charge in [0, 0.05) is 10.0 Å². The number of carbonyl (C=O) groups excluding carboxylic acids is 1. The maximum atomic E-state index is 11.3. The van der Waals surface area contributed by atoms with Gasteiger partial charge in [-0.05, 0) is 46.5 Å². The second-order valence-electron chi connectivity index (χ2n) is 4.08. The molecule has 0 spiro atoms. The summed E-state index contributed by atoms with van der Waals surface area (Å²) in [4.78, 5) is 11.3. The first-order valence-corrected chi connectivity index (χ1v) is 6.01. The summed E-state index contributed by atoms with van der Waals surface area (Å²) < 4.78 is 0. The summed E-state index contributed by atoms with van der Waals surface area (Å²) in [5, 5.41) is 1.30. The van der Waals surface area contributed by atoms with Crippen LogP contribution in [-0.4, -0.2) is 6.29 Å². The van der Waals surface area contributed by atoms with Crippen molar-refractivity contribution in [3.8, 4) is 11.1 Å². The Morgan fingerprint density at radius 1 is 0.882 bits per heavy atom. The first kappa shape index (κ1) is 10.8. The first-order valence-electron chi connectivity index (χ1n) is 5.25. The number of benzene rings is 2. The summed E-state index contributed by atoms with van der Waals surface area (Å²) in [6.45, 7) is 0. The van der Waals surface area contributed by atoms with Crippen molar-refractivity contribution in [1.82, 2.24) is 0 Å². The number of rotatable bonds is 1. The fraction of sp³-hybridized carbons (Fsp3) is 0.0714. The standard InChI is InChI=1S/C14H8Cl2O/c15-8-1-3-10-11-4-2-9(16)6-13(11)14(7-17)12(10)5-8/h1-7,14H. The Bertz CT molecular complexity index is 568. The lowest BCUT2D eigenvalue weighted by molar-refractivity contribution is -0.108. The molecular formula is C14H8Cl2O. The van der Waals surface area contributed by atoms with E-state index in [4.69, 9.17) is 23.2 Å². The zero-order valence-electron chi connectivity index (χ0n) is 8.78. The van der Waals surface area contributed by atoms with Gasteiger partial charge in [0.05, 0.1) is 5.92 Å². The van der Waals surface area contributed by atoms with Crippen LogP contribution in [-0.2, 0) is 4.79 Å². The van der Waals surface area contributed by atoms with E-state index in [1.54, 1.807) is 0 Å². The van der Waals surface area contributed by atoms with Gasteiger partial charge in [0.1, 0.15) is 6.29 Å². The Balaban J connectivity index is 2.32. The summed E-state index contributed by atoms with van der Waals surface area (Å²) in [6, 6.07) is 11.3. The molecule has 2 aromatic rings. The molecule has 0 fully saturated rings. The van der Waals surface area contributed by atoms with Crippen molar-refractivity contribution in [1.29, 1.82) is 0 Å². The molecule has 0 N–H and O–H groups in total. The third kappa shape index (κ3) is 1.58. The topological polar surface area (TPSA) is 17.1 Å². The first-order chi connectivity index (χ1) is 8.20. The maximum Gasteiger partial charge on any atom is 0.131 e. The van der Waals surface area contributed by atoms with E-state index in [1.807, 2.05) is 36.4 Å². The normalized spacial score (nSPS) is 13.3. The van der Waals surface area contributed by atoms with Crippen molar-refractivity contribution in [2.75, 3.05) is 0 Å². The molecule has 0 saturated heterocycles. The molecule has 0 radical (unpaired) electrons. The van der Waals surface area contributed by atoms with Gasteiger partial charge in [0.2, 0.25) is 0 Å². The molecule has 0 bridgehead atoms. The van der Waals surface area contributed by atoms with Crippen molar-refractivity contribution in [3.05, 3.63) is 57.6 Å². The zero-order valence-corrected chi connectivity index (χ0v) is 10.3. The van der Waals surface area contributed by atoms with Crippen molar-refractivity contribution in [2.45, 2.75) is 5.92 Å². The predicted molar refractivity (Wildman–Crippen MR) is 69.8 cm³/mol. The minimum Gasteiger partial charge on any atom is -0.302 e. The lowest BCUT2D eigenvalue weighted by Gasteiger charge is -2.05. The molecule has 0 unspecified atom stereocenters. The van der Waals surface area contributed by atoms with E-state index in [9.17, 15) is 4.79 Å². The van der Waals surface area contributed by atoms with Gasteiger partial charge >= 0.3 is 0 Å². The highest BCUT2D eigenvalue weighted by molar-refractivity contribution is 6.31. The van der Waals surface area contributed by atoms with E-state index in [1.165, 1.54) is 0 Å². The number of aldehydes is 1. The maximum absolute atomic E-state index is 11.3. The number of fused-ring (bicyclic) bond motifs is 3. The van der Waals surface area contributed by atoms with Crippen molar-refractivity contribution in [2.24, 2.45) is 0 Å². The van der Waals surface area contributed by atoms with E-state index in [2.05, 4.69) is 0 Å². The molecular weight excluding hydrogens is 255 g/mol. The Labute approximate surface area is 109 Å². The van der Waals surface area contributed by atoms with Crippen LogP contribution in [0.2, 0.25) is 10.0 Å². The summed E-state index contributed by atoms with van der Waals surface area (Å²) in [5.41, 5.74) is 4.06. The summed E-state index contributed by atoms with van der Waals surface area (Å²) in [7, 11) is 0. The van der Waals surface area contributed by atoms with Crippen molar-refractivity contribution < 1.29 is 4.79 Å². The van der Waals surface area contributed by atoms with Gasteiger partial charge in [-0.1, -0.05) is 35.3 Å². The second kappa shape index (κ2) is 3.86. The van der Waals surface area contributed by atoms with E-state index in [-0.39, 0.29) is 5.92 Å². The highest BCUT2D eigenvalue weighted by Gasteiger charge is 2.28. The quantitative estimate of drug-likeness (QED) is 0.701. The van der Waals surface area contributed by atoms with Crippen LogP contribution >= 0.6 is 23.2 Å². The zero-order chi connectivity index (χ0) is 12.0. The third-order valence-corrected chi connectivity index (χ3v) is 3.59. The summed E-state index contributed by atoms with van der Waals surface area (Å²) in [6.07, 6.45) is 0.942. The Morgan fingerprint density at radius 2 is 1.35 bits per heavy atom. The van der Waals surface area contributed by atoms with Gasteiger partial charge in [0.25, 0.3) is 0 Å². The lowest BCUT2D eigenvalue weighted by atomic mass is 9.99. The van der Waals surface area contributed by atoms with Crippen LogP contribution in [0.15, 0.2) is 36.4 Å². The molecule has 0 aliphatic heterocycles. The molecule has 0 saturated carbocycles. The van der Waals surface area contributed by atoms with E-state index >= 15 is 0 Å². The van der Waals surface area contributed by atoms with Gasteiger partial charge in [-0.2, -0.15) is 0 Å². The number of carbonyl (C=O) groups is 1. The predicted octanol–water partition coefficient (Wildman–Crippen LogP) is 4.30. The highest BCUT2D eigenvalue weighted by atomic mass is 35.5. The SMILES string of the molecule is O=CC1c2cc(Cl)ccc2-c2ccc(Cl)cc21. The minimum absolute atomic E-state index is 0.252. The summed E-state index contributed by atoms with van der Waals surface area (Å²) >= 11 is 12.0. The average molecular weight is 263 g/mol. The van der Waals surface area contributed by atoms with Gasteiger partial charge in [-0.25, -0.2) is 0 Å². The minimum atomic E-state index is -0.252. The van der Waals surface area contributed by atoms with Crippen LogP contribution in [0.25, 0.3) is 11.1 Å². The van der Waals surface area contributed by atoms with Crippen LogP contribution in [0.5, 0.6) is 0 Å².